The maximum absolute atomic E-state index is 13.3. The third kappa shape index (κ3) is 3.48. The first-order valence-electron chi connectivity index (χ1n) is 8.14. The van der Waals surface area contributed by atoms with Gasteiger partial charge < -0.3 is 4.74 Å². The summed E-state index contributed by atoms with van der Waals surface area (Å²) in [7, 11) is -3.33. The standard InChI is InChI=1S/C20H19FO4S/c1-12-10-15(6-9-18(12)26(3,23)24)19-13(2)25-11-17(22)20(19)14-4-7-16(21)8-5-14/h4-10,13H,11H2,1-3H3. The zero-order chi connectivity index (χ0) is 19.1. The molecule has 1 unspecified atom stereocenters. The Bertz CT molecular complexity index is 1000. The largest absolute Gasteiger partial charge is 0.366 e. The highest BCUT2D eigenvalue weighted by Gasteiger charge is 2.29. The van der Waals surface area contributed by atoms with Crippen molar-refractivity contribution in [1.29, 1.82) is 0 Å². The Hall–Kier alpha value is -2.31. The van der Waals surface area contributed by atoms with E-state index in [4.69, 9.17) is 4.74 Å². The first kappa shape index (κ1) is 18.5. The van der Waals surface area contributed by atoms with Gasteiger partial charge in [-0.2, -0.15) is 0 Å². The van der Waals surface area contributed by atoms with Gasteiger partial charge in [-0.05, 0) is 54.3 Å². The van der Waals surface area contributed by atoms with Crippen LogP contribution in [0.3, 0.4) is 0 Å². The van der Waals surface area contributed by atoms with Crippen molar-refractivity contribution in [2.75, 3.05) is 12.9 Å². The number of benzene rings is 2. The summed E-state index contributed by atoms with van der Waals surface area (Å²) in [6, 6.07) is 10.7. The second-order valence-electron chi connectivity index (χ2n) is 6.42. The zero-order valence-corrected chi connectivity index (χ0v) is 15.6. The quantitative estimate of drug-likeness (QED) is 0.826. The van der Waals surface area contributed by atoms with Gasteiger partial charge in [-0.1, -0.05) is 24.3 Å². The molecular weight excluding hydrogens is 355 g/mol. The molecule has 1 atom stereocenters. The van der Waals surface area contributed by atoms with Crippen LogP contribution in [0, 0.1) is 12.7 Å². The molecule has 3 rings (SSSR count). The first-order chi connectivity index (χ1) is 12.2. The number of carbonyl (C=O) groups is 1. The smallest absolute Gasteiger partial charge is 0.189 e. The average Bonchev–Trinajstić information content (AvgIpc) is 2.56. The Kier molecular flexibility index (Phi) is 4.82. The molecule has 0 aliphatic carbocycles. The second kappa shape index (κ2) is 6.78. The fourth-order valence-corrected chi connectivity index (χ4v) is 4.21. The van der Waals surface area contributed by atoms with E-state index >= 15 is 0 Å². The lowest BCUT2D eigenvalue weighted by Gasteiger charge is -2.26. The molecule has 0 radical (unpaired) electrons. The Labute approximate surface area is 152 Å². The summed E-state index contributed by atoms with van der Waals surface area (Å²) in [6.45, 7) is 3.51. The van der Waals surface area contributed by atoms with Gasteiger partial charge in [0, 0.05) is 11.8 Å². The number of carbonyl (C=O) groups excluding carboxylic acids is 1. The summed E-state index contributed by atoms with van der Waals surface area (Å²) in [5, 5.41) is 0. The normalized spacial score (nSPS) is 18.3. The maximum atomic E-state index is 13.3. The number of ether oxygens (including phenoxy) is 1. The predicted octanol–water partition coefficient (Wildman–Crippen LogP) is 3.44. The Morgan fingerprint density at radius 2 is 1.69 bits per heavy atom. The van der Waals surface area contributed by atoms with Gasteiger partial charge in [0.1, 0.15) is 12.4 Å². The minimum Gasteiger partial charge on any atom is -0.366 e. The van der Waals surface area contributed by atoms with Crippen molar-refractivity contribution in [3.63, 3.8) is 0 Å². The van der Waals surface area contributed by atoms with Crippen LogP contribution in [-0.2, 0) is 19.4 Å². The van der Waals surface area contributed by atoms with Gasteiger partial charge in [0.2, 0.25) is 0 Å². The van der Waals surface area contributed by atoms with Gasteiger partial charge in [0.15, 0.2) is 15.6 Å². The molecule has 2 aromatic rings. The average molecular weight is 374 g/mol. The molecule has 0 aromatic heterocycles. The highest BCUT2D eigenvalue weighted by Crippen LogP contribution is 2.35. The van der Waals surface area contributed by atoms with Gasteiger partial charge in [0.25, 0.3) is 0 Å². The van der Waals surface area contributed by atoms with E-state index in [-0.39, 0.29) is 29.2 Å². The lowest BCUT2D eigenvalue weighted by atomic mass is 9.87. The fourth-order valence-electron chi connectivity index (χ4n) is 3.25. The summed E-state index contributed by atoms with van der Waals surface area (Å²) < 4.78 is 42.5. The molecule has 1 aliphatic heterocycles. The summed E-state index contributed by atoms with van der Waals surface area (Å²) in [6.07, 6.45) is 0.810. The first-order valence-corrected chi connectivity index (χ1v) is 10.0. The predicted molar refractivity (Wildman–Crippen MR) is 97.9 cm³/mol. The molecule has 0 fully saturated rings. The fraction of sp³-hybridized carbons (Fsp3) is 0.250. The molecule has 4 nitrogen and oxygen atoms in total. The Balaban J connectivity index is 2.23. The lowest BCUT2D eigenvalue weighted by molar-refractivity contribution is -0.119. The summed E-state index contributed by atoms with van der Waals surface area (Å²) in [5.41, 5.74) is 3.09. The molecule has 136 valence electrons. The SMILES string of the molecule is Cc1cc(C2=C(c3ccc(F)cc3)C(=O)COC2C)ccc1S(C)(=O)=O. The van der Waals surface area contributed by atoms with Crippen LogP contribution >= 0.6 is 0 Å². The van der Waals surface area contributed by atoms with E-state index in [2.05, 4.69) is 0 Å². The molecule has 0 N–H and O–H groups in total. The lowest BCUT2D eigenvalue weighted by Crippen LogP contribution is -2.26. The molecule has 0 spiro atoms. The topological polar surface area (TPSA) is 60.4 Å². The summed E-state index contributed by atoms with van der Waals surface area (Å²) in [5.74, 6) is -0.564. The molecule has 0 saturated heterocycles. The van der Waals surface area contributed by atoms with Crippen LogP contribution in [0.25, 0.3) is 11.1 Å². The number of halogens is 1. The van der Waals surface area contributed by atoms with E-state index < -0.39 is 9.84 Å². The number of ketones is 1. The maximum Gasteiger partial charge on any atom is 0.189 e. The van der Waals surface area contributed by atoms with Crippen molar-refractivity contribution < 1.29 is 22.3 Å². The zero-order valence-electron chi connectivity index (χ0n) is 14.7. The van der Waals surface area contributed by atoms with E-state index in [1.54, 1.807) is 37.3 Å². The van der Waals surface area contributed by atoms with E-state index in [1.165, 1.54) is 12.1 Å². The monoisotopic (exact) mass is 374 g/mol. The van der Waals surface area contributed by atoms with Gasteiger partial charge >= 0.3 is 0 Å². The van der Waals surface area contributed by atoms with Crippen LogP contribution in [0.5, 0.6) is 0 Å². The Morgan fingerprint density at radius 1 is 1.08 bits per heavy atom. The van der Waals surface area contributed by atoms with Crippen LogP contribution in [0.2, 0.25) is 0 Å². The molecule has 2 aromatic carbocycles. The van der Waals surface area contributed by atoms with Crippen molar-refractivity contribution >= 4 is 26.8 Å². The molecule has 0 saturated carbocycles. The number of hydrogen-bond acceptors (Lipinski definition) is 4. The summed E-state index contributed by atoms with van der Waals surface area (Å²) in [4.78, 5) is 12.8. The van der Waals surface area contributed by atoms with Crippen molar-refractivity contribution in [2.24, 2.45) is 0 Å². The van der Waals surface area contributed by atoms with Crippen LogP contribution in [0.4, 0.5) is 4.39 Å². The molecule has 26 heavy (non-hydrogen) atoms. The summed E-state index contributed by atoms with van der Waals surface area (Å²) >= 11 is 0. The third-order valence-corrected chi connectivity index (χ3v) is 5.69. The van der Waals surface area contributed by atoms with E-state index in [9.17, 15) is 17.6 Å². The molecule has 1 aliphatic rings. The Morgan fingerprint density at radius 3 is 2.27 bits per heavy atom. The van der Waals surface area contributed by atoms with Crippen LogP contribution in [0.1, 0.15) is 23.6 Å². The van der Waals surface area contributed by atoms with E-state index in [0.717, 1.165) is 11.8 Å². The van der Waals surface area contributed by atoms with Crippen LogP contribution in [-0.4, -0.2) is 33.2 Å². The van der Waals surface area contributed by atoms with Crippen molar-refractivity contribution in [2.45, 2.75) is 24.8 Å². The minimum absolute atomic E-state index is 0.0439. The molecule has 0 amide bonds. The molecular formula is C20H19FO4S. The molecule has 0 bridgehead atoms. The number of Topliss-reactive ketones (excluding diaryl/α,β-unsaturated/α-hetero) is 1. The van der Waals surface area contributed by atoms with Crippen molar-refractivity contribution in [3.05, 3.63) is 65.0 Å². The van der Waals surface area contributed by atoms with Gasteiger partial charge in [0.05, 0.1) is 11.0 Å². The van der Waals surface area contributed by atoms with Crippen LogP contribution < -0.4 is 0 Å². The van der Waals surface area contributed by atoms with E-state index in [0.29, 0.717) is 22.3 Å². The highest BCUT2D eigenvalue weighted by molar-refractivity contribution is 7.90. The van der Waals surface area contributed by atoms with Gasteiger partial charge in [-0.15, -0.1) is 0 Å². The van der Waals surface area contributed by atoms with Crippen molar-refractivity contribution in [3.8, 4) is 0 Å². The third-order valence-electron chi connectivity index (χ3n) is 4.44. The minimum atomic E-state index is -3.33. The second-order valence-corrected chi connectivity index (χ2v) is 8.41. The molecule has 6 heteroatoms. The van der Waals surface area contributed by atoms with Crippen molar-refractivity contribution in [1.82, 2.24) is 0 Å². The van der Waals surface area contributed by atoms with Gasteiger partial charge in [-0.3, -0.25) is 4.79 Å². The van der Waals surface area contributed by atoms with E-state index in [1.807, 2.05) is 6.92 Å². The highest BCUT2D eigenvalue weighted by atomic mass is 32.2. The number of aryl methyl sites for hydroxylation is 1. The van der Waals surface area contributed by atoms with Crippen LogP contribution in [0.15, 0.2) is 47.4 Å². The number of sulfone groups is 1. The van der Waals surface area contributed by atoms with Gasteiger partial charge in [-0.25, -0.2) is 12.8 Å². The molecule has 1 heterocycles. The number of rotatable bonds is 3. The number of hydrogen-bond donors (Lipinski definition) is 0.